The number of methoxy groups -OCH3 is 3. The van der Waals surface area contributed by atoms with Crippen molar-refractivity contribution in [2.45, 2.75) is 57.6 Å². The Morgan fingerprint density at radius 1 is 0.980 bits per heavy atom. The molecule has 4 heterocycles. The lowest BCUT2D eigenvalue weighted by Gasteiger charge is -2.42. The summed E-state index contributed by atoms with van der Waals surface area (Å²) in [5, 5.41) is 0.343. The van der Waals surface area contributed by atoms with Crippen LogP contribution in [0.2, 0.25) is 0 Å². The molecule has 49 heavy (non-hydrogen) atoms. The van der Waals surface area contributed by atoms with Crippen molar-refractivity contribution in [1.82, 2.24) is 19.9 Å². The van der Waals surface area contributed by atoms with Crippen LogP contribution >= 0.6 is 0 Å². The van der Waals surface area contributed by atoms with E-state index in [1.807, 2.05) is 25.7 Å². The van der Waals surface area contributed by atoms with Crippen LogP contribution in [0.3, 0.4) is 0 Å². The van der Waals surface area contributed by atoms with E-state index in [4.69, 9.17) is 28.4 Å². The Balaban J connectivity index is 1.46. The van der Waals surface area contributed by atoms with Gasteiger partial charge in [0.15, 0.2) is 30.5 Å². The van der Waals surface area contributed by atoms with Crippen molar-refractivity contribution in [1.29, 1.82) is 0 Å². The molecule has 2 aliphatic heterocycles. The molecule has 6 rings (SSSR count). The number of fused-ring (bicyclic) bond motifs is 4. The number of piperazine rings is 1. The Morgan fingerprint density at radius 3 is 2.35 bits per heavy atom. The first-order valence-corrected chi connectivity index (χ1v) is 15.8. The summed E-state index contributed by atoms with van der Waals surface area (Å²) in [5.74, 6) is -2.61. The number of benzene rings is 2. The monoisotopic (exact) mass is 685 g/mol. The number of ether oxygens (including phenoxy) is 6. The predicted octanol–water partition coefficient (Wildman–Crippen LogP) is 5.83. The van der Waals surface area contributed by atoms with E-state index in [1.165, 1.54) is 45.7 Å². The zero-order chi connectivity index (χ0) is 35.0. The van der Waals surface area contributed by atoms with Crippen LogP contribution in [0.25, 0.3) is 32.9 Å². The lowest BCUT2D eigenvalue weighted by Crippen LogP contribution is -2.57. The van der Waals surface area contributed by atoms with Gasteiger partial charge < -0.3 is 33.3 Å². The average molecular weight is 686 g/mol. The fraction of sp³-hybridized carbons (Fsp3) is 0.471. The number of rotatable bonds is 10. The zero-order valence-corrected chi connectivity index (χ0v) is 28.1. The topological polar surface area (TPSA) is 118 Å². The molecule has 2 fully saturated rings. The summed E-state index contributed by atoms with van der Waals surface area (Å²) in [7, 11) is 4.32. The standard InChI is InChI=1S/C34H38F3N5O7/c1-34(2,3)49-33(43)42-19-8-9-20(42)15-41(14-19)31-23-13-38-29(28(37)30(23)39-32(40-31)47-16-25(45-5)46-6)22-12-21(48-17-44-4)11-18-7-10-24(35)27(36)26(18)22/h7,10-13,19-20,25H,8-9,14-17H2,1-6H3. The first-order valence-electron chi connectivity index (χ1n) is 15.8. The van der Waals surface area contributed by atoms with Crippen LogP contribution in [0, 0.1) is 17.5 Å². The maximum atomic E-state index is 16.8. The average Bonchev–Trinajstić information content (AvgIpc) is 3.34. The molecule has 2 bridgehead atoms. The van der Waals surface area contributed by atoms with Gasteiger partial charge in [-0.05, 0) is 57.2 Å². The van der Waals surface area contributed by atoms with Crippen LogP contribution in [0.4, 0.5) is 23.8 Å². The zero-order valence-electron chi connectivity index (χ0n) is 28.1. The Bertz CT molecular complexity index is 1860. The fourth-order valence-corrected chi connectivity index (χ4v) is 6.34. The first-order chi connectivity index (χ1) is 23.4. The summed E-state index contributed by atoms with van der Waals surface area (Å²) in [4.78, 5) is 30.3. The van der Waals surface area contributed by atoms with Gasteiger partial charge in [0, 0.05) is 51.6 Å². The summed E-state index contributed by atoms with van der Waals surface area (Å²) in [6, 6.07) is 4.71. The molecule has 2 unspecified atom stereocenters. The largest absolute Gasteiger partial charge is 0.468 e. The lowest BCUT2D eigenvalue weighted by atomic mass is 9.99. The number of anilines is 1. The molecule has 0 N–H and O–H groups in total. The van der Waals surface area contributed by atoms with Gasteiger partial charge in [0.2, 0.25) is 0 Å². The highest BCUT2D eigenvalue weighted by Crippen LogP contribution is 2.40. The minimum Gasteiger partial charge on any atom is -0.468 e. The van der Waals surface area contributed by atoms with E-state index < -0.39 is 29.3 Å². The number of hydrogen-bond donors (Lipinski definition) is 0. The number of amides is 1. The number of carbonyl (C=O) groups excluding carboxylic acids is 1. The SMILES string of the molecule is COCOc1cc(-c2ncc3c(N4CC5CCC(C4)N5C(=O)OC(C)(C)C)nc(OCC(OC)OC)nc3c2F)c2c(F)c(F)ccc2c1. The summed E-state index contributed by atoms with van der Waals surface area (Å²) in [6.07, 6.45) is 1.76. The molecule has 1 amide bonds. The van der Waals surface area contributed by atoms with E-state index in [9.17, 15) is 9.18 Å². The van der Waals surface area contributed by atoms with Crippen molar-refractivity contribution >= 4 is 33.6 Å². The van der Waals surface area contributed by atoms with Gasteiger partial charge in [-0.15, -0.1) is 0 Å². The molecule has 2 saturated heterocycles. The Hall–Kier alpha value is -4.47. The van der Waals surface area contributed by atoms with Crippen molar-refractivity contribution < 1.29 is 46.4 Å². The van der Waals surface area contributed by atoms with Gasteiger partial charge in [0.1, 0.15) is 35.0 Å². The number of nitrogens with zero attached hydrogens (tertiary/aromatic N) is 5. The second-order valence-corrected chi connectivity index (χ2v) is 12.9. The van der Waals surface area contributed by atoms with Gasteiger partial charge in [0.25, 0.3) is 0 Å². The lowest BCUT2D eigenvalue weighted by molar-refractivity contribution is -0.123. The van der Waals surface area contributed by atoms with Gasteiger partial charge in [0.05, 0.1) is 17.5 Å². The Morgan fingerprint density at radius 2 is 1.69 bits per heavy atom. The van der Waals surface area contributed by atoms with E-state index in [0.29, 0.717) is 18.9 Å². The molecule has 2 atom stereocenters. The van der Waals surface area contributed by atoms with Crippen LogP contribution in [0.5, 0.6) is 11.8 Å². The summed E-state index contributed by atoms with van der Waals surface area (Å²) in [5.41, 5.74) is -1.15. The number of aromatic nitrogens is 3. The third kappa shape index (κ3) is 6.87. The second kappa shape index (κ2) is 13.8. The molecular weight excluding hydrogens is 647 g/mol. The van der Waals surface area contributed by atoms with Gasteiger partial charge in [-0.1, -0.05) is 6.07 Å². The van der Waals surface area contributed by atoms with Gasteiger partial charge >= 0.3 is 12.1 Å². The van der Waals surface area contributed by atoms with E-state index in [2.05, 4.69) is 15.0 Å². The molecule has 0 spiro atoms. The molecule has 2 aromatic carbocycles. The fourth-order valence-electron chi connectivity index (χ4n) is 6.34. The molecule has 262 valence electrons. The van der Waals surface area contributed by atoms with Crippen LogP contribution in [0.1, 0.15) is 33.6 Å². The molecule has 0 radical (unpaired) electrons. The van der Waals surface area contributed by atoms with Crippen LogP contribution < -0.4 is 14.4 Å². The van der Waals surface area contributed by atoms with Gasteiger partial charge in [-0.25, -0.2) is 18.0 Å². The van der Waals surface area contributed by atoms with E-state index in [-0.39, 0.29) is 76.3 Å². The molecule has 4 aromatic rings. The smallest absolute Gasteiger partial charge is 0.410 e. The van der Waals surface area contributed by atoms with Crippen LogP contribution in [0.15, 0.2) is 30.5 Å². The van der Waals surface area contributed by atoms with E-state index >= 15 is 8.78 Å². The van der Waals surface area contributed by atoms with Gasteiger partial charge in [-0.3, -0.25) is 9.88 Å². The Kier molecular flexibility index (Phi) is 9.69. The molecule has 0 saturated carbocycles. The maximum absolute atomic E-state index is 16.8. The first kappa shape index (κ1) is 34.4. The highest BCUT2D eigenvalue weighted by atomic mass is 19.2. The number of halogens is 3. The predicted molar refractivity (Wildman–Crippen MR) is 173 cm³/mol. The molecule has 2 aliphatic rings. The quantitative estimate of drug-likeness (QED) is 0.188. The summed E-state index contributed by atoms with van der Waals surface area (Å²) in [6.45, 7) is 6.00. The van der Waals surface area contributed by atoms with Gasteiger partial charge in [-0.2, -0.15) is 9.97 Å². The summed E-state index contributed by atoms with van der Waals surface area (Å²) < 4.78 is 79.2. The molecular formula is C34H38F3N5O7. The molecule has 12 nitrogen and oxygen atoms in total. The normalized spacial score (nSPS) is 17.8. The Labute approximate surface area is 281 Å². The number of hydrogen-bond acceptors (Lipinski definition) is 11. The number of pyridine rings is 1. The van der Waals surface area contributed by atoms with Crippen molar-refractivity contribution in [2.24, 2.45) is 0 Å². The second-order valence-electron chi connectivity index (χ2n) is 12.9. The third-order valence-corrected chi connectivity index (χ3v) is 8.48. The third-order valence-electron chi connectivity index (χ3n) is 8.48. The van der Waals surface area contributed by atoms with E-state index in [0.717, 1.165) is 18.9 Å². The summed E-state index contributed by atoms with van der Waals surface area (Å²) >= 11 is 0. The van der Waals surface area contributed by atoms with Crippen molar-refractivity contribution in [3.8, 4) is 23.0 Å². The molecule has 15 heteroatoms. The maximum Gasteiger partial charge on any atom is 0.410 e. The highest BCUT2D eigenvalue weighted by molar-refractivity contribution is 6.00. The van der Waals surface area contributed by atoms with Crippen LogP contribution in [-0.4, -0.2) is 97.7 Å². The van der Waals surface area contributed by atoms with Crippen molar-refractivity contribution in [3.63, 3.8) is 0 Å². The molecule has 0 aliphatic carbocycles. The van der Waals surface area contributed by atoms with Crippen LogP contribution in [-0.2, 0) is 18.9 Å². The highest BCUT2D eigenvalue weighted by Gasteiger charge is 2.45. The van der Waals surface area contributed by atoms with Crippen molar-refractivity contribution in [2.75, 3.05) is 52.7 Å². The minimum atomic E-state index is -1.16. The molecule has 2 aromatic heterocycles. The van der Waals surface area contributed by atoms with Crippen molar-refractivity contribution in [3.05, 3.63) is 47.9 Å². The van der Waals surface area contributed by atoms with E-state index in [1.54, 1.807) is 4.90 Å². The minimum absolute atomic E-state index is 0.0505. The number of carbonyl (C=O) groups is 1.